The third-order valence-corrected chi connectivity index (χ3v) is 3.04. The van der Waals surface area contributed by atoms with Gasteiger partial charge in [0.25, 0.3) is 0 Å². The van der Waals surface area contributed by atoms with Gasteiger partial charge in [0.15, 0.2) is 10.9 Å². The topological polar surface area (TPSA) is 58.3 Å². The van der Waals surface area contributed by atoms with Gasteiger partial charge in [-0.05, 0) is 38.2 Å². The van der Waals surface area contributed by atoms with E-state index in [4.69, 9.17) is 18.0 Å². The third kappa shape index (κ3) is 2.85. The van der Waals surface area contributed by atoms with E-state index >= 15 is 0 Å². The van der Waals surface area contributed by atoms with E-state index in [0.717, 1.165) is 22.9 Å². The first-order valence-corrected chi connectivity index (χ1v) is 6.60. The third-order valence-electron chi connectivity index (χ3n) is 2.87. The van der Waals surface area contributed by atoms with Gasteiger partial charge in [0.2, 0.25) is 0 Å². The van der Waals surface area contributed by atoms with Crippen LogP contribution in [0.15, 0.2) is 36.5 Å². The molecule has 20 heavy (non-hydrogen) atoms. The molecule has 2 rings (SSSR count). The number of nitrogens with two attached hydrogens (primary N) is 1. The number of thiocarbonyl (C=S) groups is 1. The number of benzene rings is 1. The van der Waals surface area contributed by atoms with Gasteiger partial charge in [0, 0.05) is 13.2 Å². The maximum Gasteiger partial charge on any atom is 0.190 e. The van der Waals surface area contributed by atoms with Crippen LogP contribution in [0.3, 0.4) is 0 Å². The van der Waals surface area contributed by atoms with E-state index in [0.29, 0.717) is 0 Å². The molecule has 0 spiro atoms. The predicted octanol–water partition coefficient (Wildman–Crippen LogP) is 2.19. The van der Waals surface area contributed by atoms with Crippen LogP contribution in [0.1, 0.15) is 11.4 Å². The molecule has 104 valence electrons. The van der Waals surface area contributed by atoms with Crippen molar-refractivity contribution >= 4 is 28.8 Å². The van der Waals surface area contributed by atoms with Crippen LogP contribution in [0, 0.1) is 13.8 Å². The first kappa shape index (κ1) is 14.2. The maximum absolute atomic E-state index is 5.86. The lowest BCUT2D eigenvalue weighted by Crippen LogP contribution is -2.48. The fraction of sp³-hybridized carbons (Fsp3) is 0.214. The SMILES string of the molecule is Cc1cnc(C)c(N(C)N(C(N)=S)c2ccccc2)n1. The molecule has 6 heteroatoms. The van der Waals surface area contributed by atoms with Gasteiger partial charge in [0.05, 0.1) is 17.1 Å². The number of hydrogen-bond acceptors (Lipinski definition) is 4. The maximum atomic E-state index is 5.86. The minimum atomic E-state index is 0.251. The van der Waals surface area contributed by atoms with Gasteiger partial charge in [-0.15, -0.1) is 0 Å². The summed E-state index contributed by atoms with van der Waals surface area (Å²) in [6.07, 6.45) is 1.74. The average Bonchev–Trinajstić information content (AvgIpc) is 2.42. The Kier molecular flexibility index (Phi) is 4.14. The predicted molar refractivity (Wildman–Crippen MR) is 85.6 cm³/mol. The Balaban J connectivity index is 2.45. The Bertz CT molecular complexity index is 614. The quantitative estimate of drug-likeness (QED) is 0.690. The van der Waals surface area contributed by atoms with E-state index < -0.39 is 0 Å². The van der Waals surface area contributed by atoms with Crippen molar-refractivity contribution in [2.75, 3.05) is 17.1 Å². The minimum Gasteiger partial charge on any atom is -0.374 e. The van der Waals surface area contributed by atoms with Gasteiger partial charge < -0.3 is 5.73 Å². The summed E-state index contributed by atoms with van der Waals surface area (Å²) in [5, 5.41) is 3.79. The van der Waals surface area contributed by atoms with Gasteiger partial charge in [-0.3, -0.25) is 9.99 Å². The second-order valence-corrected chi connectivity index (χ2v) is 4.85. The molecular weight excluding hydrogens is 270 g/mol. The molecule has 0 aliphatic heterocycles. The summed E-state index contributed by atoms with van der Waals surface area (Å²) in [6, 6.07) is 9.69. The Labute approximate surface area is 124 Å². The molecule has 2 N–H and O–H groups in total. The summed E-state index contributed by atoms with van der Waals surface area (Å²) in [6.45, 7) is 3.80. The van der Waals surface area contributed by atoms with Crippen molar-refractivity contribution in [1.82, 2.24) is 9.97 Å². The van der Waals surface area contributed by atoms with Crippen molar-refractivity contribution in [3.8, 4) is 0 Å². The molecule has 0 aliphatic carbocycles. The highest BCUT2D eigenvalue weighted by Crippen LogP contribution is 2.21. The van der Waals surface area contributed by atoms with Crippen molar-refractivity contribution < 1.29 is 0 Å². The Morgan fingerprint density at radius 3 is 2.45 bits per heavy atom. The summed E-state index contributed by atoms with van der Waals surface area (Å²) < 4.78 is 0. The molecule has 0 unspecified atom stereocenters. The number of para-hydroxylation sites is 1. The van der Waals surface area contributed by atoms with Crippen molar-refractivity contribution in [2.45, 2.75) is 13.8 Å². The van der Waals surface area contributed by atoms with E-state index in [-0.39, 0.29) is 5.11 Å². The van der Waals surface area contributed by atoms with E-state index in [1.54, 1.807) is 11.2 Å². The number of hydrazine groups is 1. The number of aryl methyl sites for hydroxylation is 2. The molecule has 0 aliphatic rings. The fourth-order valence-electron chi connectivity index (χ4n) is 1.94. The second kappa shape index (κ2) is 5.83. The monoisotopic (exact) mass is 287 g/mol. The van der Waals surface area contributed by atoms with Crippen LogP contribution < -0.4 is 15.8 Å². The Hall–Kier alpha value is -2.21. The van der Waals surface area contributed by atoms with Gasteiger partial charge >= 0.3 is 0 Å². The molecule has 0 bridgehead atoms. The Morgan fingerprint density at radius 2 is 1.85 bits per heavy atom. The molecule has 0 saturated heterocycles. The molecule has 5 nitrogen and oxygen atoms in total. The van der Waals surface area contributed by atoms with Crippen LogP contribution in [0.4, 0.5) is 11.5 Å². The Morgan fingerprint density at radius 1 is 1.20 bits per heavy atom. The number of nitrogens with zero attached hydrogens (tertiary/aromatic N) is 4. The summed E-state index contributed by atoms with van der Waals surface area (Å²) in [4.78, 5) is 8.83. The number of rotatable bonds is 3. The molecular formula is C14H17N5S. The van der Waals surface area contributed by atoms with Crippen LogP contribution in [-0.2, 0) is 0 Å². The van der Waals surface area contributed by atoms with Crippen LogP contribution in [0.25, 0.3) is 0 Å². The van der Waals surface area contributed by atoms with E-state index in [1.807, 2.05) is 56.2 Å². The van der Waals surface area contributed by atoms with Crippen molar-refractivity contribution in [1.29, 1.82) is 0 Å². The molecule has 0 amide bonds. The van der Waals surface area contributed by atoms with Crippen LogP contribution in [-0.4, -0.2) is 22.1 Å². The average molecular weight is 287 g/mol. The lowest BCUT2D eigenvalue weighted by Gasteiger charge is -2.33. The zero-order valence-electron chi connectivity index (χ0n) is 11.7. The molecule has 2 aromatic rings. The zero-order chi connectivity index (χ0) is 14.7. The van der Waals surface area contributed by atoms with Crippen LogP contribution >= 0.6 is 12.2 Å². The fourth-order valence-corrected chi connectivity index (χ4v) is 2.17. The summed E-state index contributed by atoms with van der Waals surface area (Å²) in [5.41, 5.74) is 8.40. The molecule has 1 aromatic heterocycles. The number of anilines is 2. The number of hydrogen-bond donors (Lipinski definition) is 1. The summed E-state index contributed by atoms with van der Waals surface area (Å²) in [7, 11) is 1.86. The molecule has 1 heterocycles. The normalized spacial score (nSPS) is 10.2. The minimum absolute atomic E-state index is 0.251. The molecule has 0 radical (unpaired) electrons. The second-order valence-electron chi connectivity index (χ2n) is 4.43. The van der Waals surface area contributed by atoms with Gasteiger partial charge in [-0.2, -0.15) is 0 Å². The molecule has 1 aromatic carbocycles. The van der Waals surface area contributed by atoms with Gasteiger partial charge in [-0.1, -0.05) is 18.2 Å². The number of aromatic nitrogens is 2. The van der Waals surface area contributed by atoms with Crippen molar-refractivity contribution in [3.63, 3.8) is 0 Å². The molecule has 0 saturated carbocycles. The van der Waals surface area contributed by atoms with Gasteiger partial charge in [-0.25, -0.2) is 9.99 Å². The first-order chi connectivity index (χ1) is 9.50. The zero-order valence-corrected chi connectivity index (χ0v) is 12.6. The van der Waals surface area contributed by atoms with E-state index in [2.05, 4.69) is 9.97 Å². The highest BCUT2D eigenvalue weighted by Gasteiger charge is 2.19. The molecule has 0 fully saturated rings. The van der Waals surface area contributed by atoms with Crippen molar-refractivity contribution in [2.24, 2.45) is 5.73 Å². The van der Waals surface area contributed by atoms with Gasteiger partial charge in [0.1, 0.15) is 0 Å². The lowest BCUT2D eigenvalue weighted by atomic mass is 10.3. The van der Waals surface area contributed by atoms with Crippen molar-refractivity contribution in [3.05, 3.63) is 47.9 Å². The molecule has 0 atom stereocenters. The van der Waals surface area contributed by atoms with E-state index in [9.17, 15) is 0 Å². The smallest absolute Gasteiger partial charge is 0.190 e. The van der Waals surface area contributed by atoms with E-state index in [1.165, 1.54) is 0 Å². The highest BCUT2D eigenvalue weighted by molar-refractivity contribution is 7.80. The standard InChI is InChI=1S/C14H17N5S/c1-10-9-16-11(2)13(17-10)18(3)19(14(15)20)12-7-5-4-6-8-12/h4-9H,1-3H3,(H2,15,20). The van der Waals surface area contributed by atoms with Crippen LogP contribution in [0.2, 0.25) is 0 Å². The lowest BCUT2D eigenvalue weighted by molar-refractivity contribution is 0.899. The largest absolute Gasteiger partial charge is 0.374 e. The van der Waals surface area contributed by atoms with Crippen LogP contribution in [0.5, 0.6) is 0 Å². The first-order valence-electron chi connectivity index (χ1n) is 6.19. The summed E-state index contributed by atoms with van der Waals surface area (Å²) >= 11 is 5.17. The summed E-state index contributed by atoms with van der Waals surface area (Å²) in [5.74, 6) is 0.724. The highest BCUT2D eigenvalue weighted by atomic mass is 32.1.